The van der Waals surface area contributed by atoms with Crippen molar-refractivity contribution < 1.29 is 19.1 Å². The van der Waals surface area contributed by atoms with Crippen LogP contribution in [0.2, 0.25) is 0 Å². The number of benzene rings is 1. The predicted molar refractivity (Wildman–Crippen MR) is 86.6 cm³/mol. The molecule has 0 aliphatic carbocycles. The van der Waals surface area contributed by atoms with E-state index in [0.29, 0.717) is 50.7 Å². The van der Waals surface area contributed by atoms with E-state index >= 15 is 0 Å². The van der Waals surface area contributed by atoms with Crippen LogP contribution < -0.4 is 9.47 Å². The van der Waals surface area contributed by atoms with Crippen LogP contribution in [0, 0.1) is 0 Å². The van der Waals surface area contributed by atoms with E-state index in [2.05, 4.69) is 0 Å². The van der Waals surface area contributed by atoms with Crippen LogP contribution in [0.4, 0.5) is 0 Å². The minimum atomic E-state index is -0.0695. The summed E-state index contributed by atoms with van der Waals surface area (Å²) in [6.45, 7) is 6.57. The van der Waals surface area contributed by atoms with Crippen molar-refractivity contribution in [3.8, 4) is 11.5 Å². The van der Waals surface area contributed by atoms with Gasteiger partial charge < -0.3 is 19.3 Å². The number of amides is 2. The highest BCUT2D eigenvalue weighted by atomic mass is 16.5. The Hall–Kier alpha value is -2.24. The van der Waals surface area contributed by atoms with E-state index in [-0.39, 0.29) is 18.4 Å². The molecule has 1 aromatic rings. The largest absolute Gasteiger partial charge is 0.490 e. The third kappa shape index (κ3) is 4.61. The second-order valence-corrected chi connectivity index (χ2v) is 5.28. The fraction of sp³-hybridized carbons (Fsp3) is 0.529. The molecule has 2 amide bonds. The Morgan fingerprint density at radius 2 is 1.43 bits per heavy atom. The summed E-state index contributed by atoms with van der Waals surface area (Å²) in [6.07, 6.45) is 0.505. The van der Waals surface area contributed by atoms with Gasteiger partial charge in [-0.1, -0.05) is 19.1 Å². The van der Waals surface area contributed by atoms with Crippen LogP contribution >= 0.6 is 0 Å². The summed E-state index contributed by atoms with van der Waals surface area (Å²) in [5.74, 6) is 1.28. The molecule has 1 saturated heterocycles. The molecule has 126 valence electrons. The number of nitrogens with zero attached hydrogens (tertiary/aromatic N) is 2. The van der Waals surface area contributed by atoms with E-state index in [1.807, 2.05) is 32.0 Å². The summed E-state index contributed by atoms with van der Waals surface area (Å²) in [7, 11) is 0. The van der Waals surface area contributed by atoms with E-state index in [1.165, 1.54) is 0 Å². The standard InChI is InChI=1S/C17H24N2O4/c1-3-16(20)18-9-11-19(12-10-18)17(21)13-23-15-8-6-5-7-14(15)22-4-2/h5-8H,3-4,9-13H2,1-2H3. The quantitative estimate of drug-likeness (QED) is 0.798. The lowest BCUT2D eigenvalue weighted by atomic mass is 10.3. The second-order valence-electron chi connectivity index (χ2n) is 5.28. The molecule has 6 heteroatoms. The summed E-state index contributed by atoms with van der Waals surface area (Å²) in [5.41, 5.74) is 0. The van der Waals surface area contributed by atoms with Crippen molar-refractivity contribution in [1.29, 1.82) is 0 Å². The van der Waals surface area contributed by atoms with Gasteiger partial charge in [-0.15, -0.1) is 0 Å². The number of carbonyl (C=O) groups excluding carboxylic acids is 2. The van der Waals surface area contributed by atoms with Crippen molar-refractivity contribution in [3.05, 3.63) is 24.3 Å². The molecule has 0 radical (unpaired) electrons. The van der Waals surface area contributed by atoms with Gasteiger partial charge in [-0.05, 0) is 19.1 Å². The molecule has 2 rings (SSSR count). The third-order valence-corrected chi connectivity index (χ3v) is 3.79. The molecule has 0 atom stereocenters. The van der Waals surface area contributed by atoms with Crippen LogP contribution in [0.1, 0.15) is 20.3 Å². The average molecular weight is 320 g/mol. The molecular formula is C17H24N2O4. The van der Waals surface area contributed by atoms with Gasteiger partial charge in [-0.25, -0.2) is 0 Å². The van der Waals surface area contributed by atoms with Crippen molar-refractivity contribution >= 4 is 11.8 Å². The van der Waals surface area contributed by atoms with Gasteiger partial charge in [0.25, 0.3) is 5.91 Å². The summed E-state index contributed by atoms with van der Waals surface area (Å²) in [6, 6.07) is 7.32. The first kappa shape index (κ1) is 17.1. The molecule has 0 N–H and O–H groups in total. The van der Waals surface area contributed by atoms with Crippen LogP contribution in [-0.2, 0) is 9.59 Å². The monoisotopic (exact) mass is 320 g/mol. The van der Waals surface area contributed by atoms with Crippen molar-refractivity contribution in [2.75, 3.05) is 39.4 Å². The number of ether oxygens (including phenoxy) is 2. The van der Waals surface area contributed by atoms with Gasteiger partial charge >= 0.3 is 0 Å². The zero-order valence-corrected chi connectivity index (χ0v) is 13.8. The molecule has 23 heavy (non-hydrogen) atoms. The lowest BCUT2D eigenvalue weighted by Crippen LogP contribution is -2.51. The first-order valence-electron chi connectivity index (χ1n) is 8.05. The van der Waals surface area contributed by atoms with E-state index in [0.717, 1.165) is 0 Å². The number of para-hydroxylation sites is 2. The minimum Gasteiger partial charge on any atom is -0.490 e. The SMILES string of the molecule is CCOc1ccccc1OCC(=O)N1CCN(C(=O)CC)CC1. The highest BCUT2D eigenvalue weighted by Crippen LogP contribution is 2.26. The molecule has 0 aromatic heterocycles. The molecule has 0 saturated carbocycles. The summed E-state index contributed by atoms with van der Waals surface area (Å²) in [4.78, 5) is 27.4. The average Bonchev–Trinajstić information content (AvgIpc) is 2.60. The molecule has 1 aliphatic rings. The van der Waals surface area contributed by atoms with Gasteiger partial charge in [0.2, 0.25) is 5.91 Å². The maximum Gasteiger partial charge on any atom is 0.260 e. The molecule has 1 aliphatic heterocycles. The first-order valence-corrected chi connectivity index (χ1v) is 8.05. The van der Waals surface area contributed by atoms with Gasteiger partial charge in [0, 0.05) is 32.6 Å². The molecule has 0 unspecified atom stereocenters. The molecule has 6 nitrogen and oxygen atoms in total. The van der Waals surface area contributed by atoms with Crippen molar-refractivity contribution in [2.45, 2.75) is 20.3 Å². The number of piperazine rings is 1. The fourth-order valence-corrected chi connectivity index (χ4v) is 2.50. The van der Waals surface area contributed by atoms with Crippen LogP contribution in [0.3, 0.4) is 0 Å². The van der Waals surface area contributed by atoms with Gasteiger partial charge in [0.15, 0.2) is 18.1 Å². The van der Waals surface area contributed by atoms with E-state index in [1.54, 1.807) is 15.9 Å². The lowest BCUT2D eigenvalue weighted by molar-refractivity contribution is -0.140. The molecule has 0 bridgehead atoms. The molecular weight excluding hydrogens is 296 g/mol. The Morgan fingerprint density at radius 1 is 0.913 bits per heavy atom. The van der Waals surface area contributed by atoms with Crippen LogP contribution in [-0.4, -0.2) is 61.0 Å². The summed E-state index contributed by atoms with van der Waals surface area (Å²) in [5, 5.41) is 0. The maximum atomic E-state index is 12.2. The van der Waals surface area contributed by atoms with Crippen LogP contribution in [0.5, 0.6) is 11.5 Å². The zero-order valence-electron chi connectivity index (χ0n) is 13.8. The zero-order chi connectivity index (χ0) is 16.7. The Labute approximate surface area is 137 Å². The molecule has 1 aromatic carbocycles. The number of rotatable bonds is 6. The Balaban J connectivity index is 1.83. The number of hydrogen-bond donors (Lipinski definition) is 0. The molecule has 1 heterocycles. The van der Waals surface area contributed by atoms with Gasteiger partial charge in [-0.2, -0.15) is 0 Å². The summed E-state index contributed by atoms with van der Waals surface area (Å²) >= 11 is 0. The Kier molecular flexibility index (Phi) is 6.26. The van der Waals surface area contributed by atoms with Gasteiger partial charge in [0.05, 0.1) is 6.61 Å². The van der Waals surface area contributed by atoms with E-state index < -0.39 is 0 Å². The van der Waals surface area contributed by atoms with Crippen molar-refractivity contribution in [3.63, 3.8) is 0 Å². The topological polar surface area (TPSA) is 59.1 Å². The first-order chi connectivity index (χ1) is 11.2. The van der Waals surface area contributed by atoms with Gasteiger partial charge in [0.1, 0.15) is 0 Å². The van der Waals surface area contributed by atoms with Crippen LogP contribution in [0.15, 0.2) is 24.3 Å². The van der Waals surface area contributed by atoms with Gasteiger partial charge in [-0.3, -0.25) is 9.59 Å². The molecule has 1 fully saturated rings. The molecule has 0 spiro atoms. The summed E-state index contributed by atoms with van der Waals surface area (Å²) < 4.78 is 11.1. The Morgan fingerprint density at radius 3 is 1.96 bits per heavy atom. The fourth-order valence-electron chi connectivity index (χ4n) is 2.50. The van der Waals surface area contributed by atoms with E-state index in [4.69, 9.17) is 9.47 Å². The van der Waals surface area contributed by atoms with E-state index in [9.17, 15) is 9.59 Å². The smallest absolute Gasteiger partial charge is 0.260 e. The highest BCUT2D eigenvalue weighted by molar-refractivity contribution is 5.79. The maximum absolute atomic E-state index is 12.2. The van der Waals surface area contributed by atoms with Crippen LogP contribution in [0.25, 0.3) is 0 Å². The normalized spacial score (nSPS) is 14.5. The van der Waals surface area contributed by atoms with Crippen molar-refractivity contribution in [2.24, 2.45) is 0 Å². The number of hydrogen-bond acceptors (Lipinski definition) is 4. The van der Waals surface area contributed by atoms with Crippen molar-refractivity contribution in [1.82, 2.24) is 9.80 Å². The lowest BCUT2D eigenvalue weighted by Gasteiger charge is -2.34. The highest BCUT2D eigenvalue weighted by Gasteiger charge is 2.23. The second kappa shape index (κ2) is 8.41. The predicted octanol–water partition coefficient (Wildman–Crippen LogP) is 1.54. The Bertz CT molecular complexity index is 539. The number of carbonyl (C=O) groups is 2. The minimum absolute atomic E-state index is 0.0220. The third-order valence-electron chi connectivity index (χ3n) is 3.79.